The van der Waals surface area contributed by atoms with Crippen LogP contribution in [0.15, 0.2) is 0 Å². The first-order valence-electron chi connectivity index (χ1n) is 1.59. The third kappa shape index (κ3) is 278. The quantitative estimate of drug-likeness (QED) is 0.143. The fourth-order valence-corrected chi connectivity index (χ4v) is 0. The largest absolute Gasteiger partial charge is 0.668 e. The molecule has 13 heavy (non-hydrogen) atoms. The van der Waals surface area contributed by atoms with E-state index in [1.54, 1.807) is 0 Å². The minimum absolute atomic E-state index is 0. The van der Waals surface area contributed by atoms with Gasteiger partial charge in [-0.1, -0.05) is 0 Å². The molecule has 0 aromatic heterocycles. The van der Waals surface area contributed by atoms with Crippen molar-refractivity contribution in [2.45, 2.75) is 0 Å². The van der Waals surface area contributed by atoms with Crippen LogP contribution in [-0.2, 0) is 10.4 Å². The van der Waals surface area contributed by atoms with Crippen LogP contribution in [0.1, 0.15) is 0 Å². The summed E-state index contributed by atoms with van der Waals surface area (Å²) in [5.41, 5.74) is 0. The summed E-state index contributed by atoms with van der Waals surface area (Å²) >= 11 is 0. The van der Waals surface area contributed by atoms with Gasteiger partial charge in [-0.2, -0.15) is 8.42 Å². The molecule has 0 aromatic rings. The van der Waals surface area contributed by atoms with E-state index >= 15 is 0 Å². The summed E-state index contributed by atoms with van der Waals surface area (Å²) < 4.78 is 31.6. The first-order valence-corrected chi connectivity index (χ1v) is 4.78. The molecule has 77 valence electrons. The average molecular weight is 503 g/mol. The van der Waals surface area contributed by atoms with Gasteiger partial charge in [-0.25, -0.2) is 0 Å². The minimum atomic E-state index is -4.67. The second-order valence-electron chi connectivity index (χ2n) is 1.05. The smallest absolute Gasteiger partial charge is 0.368 e. The van der Waals surface area contributed by atoms with Crippen LogP contribution in [0.3, 0.4) is 0 Å². The third-order valence-corrected chi connectivity index (χ3v) is 0. The minimum Gasteiger partial charge on any atom is -0.368 e. The normalized spacial score (nSPS) is 9.08. The Bertz CT molecular complexity index is 159. The van der Waals surface area contributed by atoms with Crippen molar-refractivity contribution < 1.29 is 114 Å². The summed E-state index contributed by atoms with van der Waals surface area (Å²) in [6, 6.07) is 0. The van der Waals surface area contributed by atoms with E-state index in [0.717, 1.165) is 0 Å². The molecule has 0 aromatic carbocycles. The van der Waals surface area contributed by atoms with E-state index in [0.29, 0.717) is 0 Å². The summed E-state index contributed by atoms with van der Waals surface area (Å²) in [4.78, 5) is 29.3. The van der Waals surface area contributed by atoms with Crippen LogP contribution >= 0.6 is 0 Å². The van der Waals surface area contributed by atoms with Gasteiger partial charge in [-0.05, 0) is 0 Å². The molecule has 0 rings (SSSR count). The molecule has 0 heterocycles. The average Bonchev–Trinajstić information content (AvgIpc) is 1.12. The van der Waals surface area contributed by atoms with Gasteiger partial charge in [-0.15, -0.1) is 0 Å². The summed E-state index contributed by atoms with van der Waals surface area (Å²) in [5, 5.41) is 0. The third-order valence-electron chi connectivity index (χ3n) is 0. The van der Waals surface area contributed by atoms with Gasteiger partial charge in [0, 0.05) is 77.3 Å². The van der Waals surface area contributed by atoms with E-state index in [-0.39, 0.29) is 94.7 Å². The molecule has 0 unspecified atom stereocenters. The molecule has 13 heteroatoms. The molecule has 0 amide bonds. The Kier molecular flexibility index (Phi) is 30.0. The van der Waals surface area contributed by atoms with Crippen LogP contribution in [0.25, 0.3) is 0 Å². The van der Waals surface area contributed by atoms with Crippen LogP contribution in [0.5, 0.6) is 0 Å². The molecule has 6 N–H and O–H groups in total. The SMILES string of the molecule is O=S(=O)(O)O.O[Si](O)(O)O.[AlH3].[Ce].[La]. The molecule has 0 fully saturated rings. The van der Waals surface area contributed by atoms with Crippen molar-refractivity contribution in [2.75, 3.05) is 0 Å². The van der Waals surface area contributed by atoms with Gasteiger partial charge < -0.3 is 19.2 Å². The second kappa shape index (κ2) is 13.1. The molecule has 8 nitrogen and oxygen atoms in total. The molecule has 0 saturated heterocycles. The fourth-order valence-electron chi connectivity index (χ4n) is 0. The van der Waals surface area contributed by atoms with Crippen LogP contribution in [0.4, 0.5) is 0 Å². The molecule has 1 radical (unpaired) electrons. The summed E-state index contributed by atoms with van der Waals surface area (Å²) in [6.45, 7) is 0. The van der Waals surface area contributed by atoms with E-state index < -0.39 is 19.4 Å². The fraction of sp³-hybridized carbons (Fsp3) is 0. The topological polar surface area (TPSA) is 156 Å². The summed E-state index contributed by atoms with van der Waals surface area (Å²) in [7, 11) is -9.28. The van der Waals surface area contributed by atoms with Gasteiger partial charge in [0.15, 0.2) is 17.4 Å². The number of rotatable bonds is 0. The molecule has 0 bridgehead atoms. The monoisotopic (exact) mass is 503 g/mol. The second-order valence-corrected chi connectivity index (χ2v) is 3.14. The van der Waals surface area contributed by atoms with Crippen molar-refractivity contribution >= 4 is 36.8 Å². The maximum Gasteiger partial charge on any atom is 0.668 e. The number of hydrogen-bond acceptors (Lipinski definition) is 6. The van der Waals surface area contributed by atoms with Crippen molar-refractivity contribution in [3.8, 4) is 0 Å². The van der Waals surface area contributed by atoms with Crippen molar-refractivity contribution in [2.24, 2.45) is 0 Å². The molecule has 0 spiro atoms. The van der Waals surface area contributed by atoms with Crippen molar-refractivity contribution in [3.63, 3.8) is 0 Å². The van der Waals surface area contributed by atoms with Gasteiger partial charge in [-0.3, -0.25) is 9.11 Å². The van der Waals surface area contributed by atoms with Crippen LogP contribution in [0, 0.1) is 77.3 Å². The summed E-state index contributed by atoms with van der Waals surface area (Å²) in [5.74, 6) is 0. The number of hydrogen-bond donors (Lipinski definition) is 6. The molecular formula is H9AlCeLaO8SSi. The first kappa shape index (κ1) is 29.8. The Morgan fingerprint density at radius 2 is 0.923 bits per heavy atom. The molecule has 0 atom stereocenters. The molecule has 0 aliphatic heterocycles. The van der Waals surface area contributed by atoms with Crippen molar-refractivity contribution in [1.29, 1.82) is 0 Å². The molecule has 0 aliphatic carbocycles. The predicted octanol–water partition coefficient (Wildman–Crippen LogP) is -4.45. The van der Waals surface area contributed by atoms with E-state index in [1.165, 1.54) is 0 Å². The van der Waals surface area contributed by atoms with Gasteiger partial charge in [0.1, 0.15) is 0 Å². The standard InChI is InChI=1S/Al.Ce.La.H2O4S.H4O4Si.3H/c;;;2*1-5(2,3)4;;;/h;;;(H2,1,2,3,4);1-4H;;;. The van der Waals surface area contributed by atoms with Crippen molar-refractivity contribution in [1.82, 2.24) is 0 Å². The van der Waals surface area contributed by atoms with E-state index in [9.17, 15) is 0 Å². The molecule has 0 aliphatic rings. The Morgan fingerprint density at radius 3 is 0.923 bits per heavy atom. The van der Waals surface area contributed by atoms with E-state index in [1.807, 2.05) is 0 Å². The van der Waals surface area contributed by atoms with Crippen LogP contribution < -0.4 is 0 Å². The van der Waals surface area contributed by atoms with Gasteiger partial charge >= 0.3 is 19.4 Å². The zero-order valence-electron chi connectivity index (χ0n) is 5.49. The van der Waals surface area contributed by atoms with Crippen LogP contribution in [0.2, 0.25) is 0 Å². The molecule has 0 saturated carbocycles. The van der Waals surface area contributed by atoms with Gasteiger partial charge in [0.05, 0.1) is 0 Å². The van der Waals surface area contributed by atoms with E-state index in [2.05, 4.69) is 0 Å². The Labute approximate surface area is 148 Å². The Morgan fingerprint density at radius 1 is 0.923 bits per heavy atom. The van der Waals surface area contributed by atoms with E-state index in [4.69, 9.17) is 36.7 Å². The predicted molar refractivity (Wildman–Crippen MR) is 38.7 cm³/mol. The van der Waals surface area contributed by atoms with Crippen LogP contribution in [-0.4, -0.2) is 63.1 Å². The molecular weight excluding hydrogens is 494 g/mol. The Balaban J connectivity index is -0.0000000267. The summed E-state index contributed by atoms with van der Waals surface area (Å²) in [6.07, 6.45) is 0. The Hall–Kier alpha value is 3.03. The first-order chi connectivity index (χ1) is 4.00. The van der Waals surface area contributed by atoms with Crippen molar-refractivity contribution in [3.05, 3.63) is 0 Å². The zero-order valence-corrected chi connectivity index (χ0v) is 14.1. The zero-order chi connectivity index (χ0) is 9.00. The maximum absolute atomic E-state index is 8.74. The van der Waals surface area contributed by atoms with Gasteiger partial charge in [0.25, 0.3) is 0 Å². The maximum atomic E-state index is 8.74. The van der Waals surface area contributed by atoms with Gasteiger partial charge in [0.2, 0.25) is 0 Å².